The molecule has 132 valence electrons. The summed E-state index contributed by atoms with van der Waals surface area (Å²) in [6, 6.07) is 4.60. The lowest BCUT2D eigenvalue weighted by Gasteiger charge is -2.20. The van der Waals surface area contributed by atoms with Gasteiger partial charge in [0.25, 0.3) is 5.56 Å². The van der Waals surface area contributed by atoms with Crippen LogP contribution in [0.5, 0.6) is 0 Å². The first-order valence-corrected chi connectivity index (χ1v) is 8.05. The fraction of sp³-hybridized carbons (Fsp3) is 0.353. The molecule has 0 spiro atoms. The largest absolute Gasteiger partial charge is 0.465 e. The summed E-state index contributed by atoms with van der Waals surface area (Å²) in [5, 5.41) is 10.8. The molecule has 1 saturated carbocycles. The van der Waals surface area contributed by atoms with Crippen LogP contribution in [0.15, 0.2) is 40.1 Å². The number of halogens is 1. The van der Waals surface area contributed by atoms with Gasteiger partial charge in [0.05, 0.1) is 11.7 Å². The van der Waals surface area contributed by atoms with Crippen LogP contribution >= 0.6 is 0 Å². The maximum atomic E-state index is 13.8. The second-order valence-corrected chi connectivity index (χ2v) is 6.20. The van der Waals surface area contributed by atoms with Crippen molar-refractivity contribution in [2.24, 2.45) is 5.92 Å². The van der Waals surface area contributed by atoms with Crippen LogP contribution in [0.1, 0.15) is 37.3 Å². The van der Waals surface area contributed by atoms with Crippen LogP contribution in [0.4, 0.5) is 14.9 Å². The molecule has 3 N–H and O–H groups in total. The lowest BCUT2D eigenvalue weighted by molar-refractivity contribution is 0.209. The molecule has 3 rings (SSSR count). The maximum Gasteiger partial charge on any atom is 0.409 e. The number of aromatic nitrogens is 2. The summed E-state index contributed by atoms with van der Waals surface area (Å²) in [7, 11) is 0. The van der Waals surface area contributed by atoms with Gasteiger partial charge < -0.3 is 10.1 Å². The van der Waals surface area contributed by atoms with Crippen LogP contribution in [0.2, 0.25) is 0 Å². The van der Waals surface area contributed by atoms with Gasteiger partial charge in [0.1, 0.15) is 5.82 Å². The Morgan fingerprint density at radius 3 is 2.76 bits per heavy atom. The van der Waals surface area contributed by atoms with Gasteiger partial charge >= 0.3 is 11.8 Å². The van der Waals surface area contributed by atoms with Gasteiger partial charge in [0.15, 0.2) is 0 Å². The average molecular weight is 347 g/mol. The predicted octanol–water partition coefficient (Wildman–Crippen LogP) is 2.55. The molecular formula is C17H18FN3O4. The van der Waals surface area contributed by atoms with Gasteiger partial charge in [0, 0.05) is 12.3 Å². The van der Waals surface area contributed by atoms with Crippen molar-refractivity contribution in [1.29, 1.82) is 0 Å². The van der Waals surface area contributed by atoms with Crippen molar-refractivity contribution in [2.75, 3.05) is 5.32 Å². The molecule has 25 heavy (non-hydrogen) atoms. The molecule has 1 aliphatic rings. The van der Waals surface area contributed by atoms with Crippen molar-refractivity contribution in [3.8, 4) is 0 Å². The molecule has 8 heteroatoms. The summed E-state index contributed by atoms with van der Waals surface area (Å²) in [5.41, 5.74) is -0.710. The minimum absolute atomic E-state index is 0.207. The number of rotatable bonds is 6. The maximum absolute atomic E-state index is 13.8. The molecule has 0 aliphatic heterocycles. The zero-order valence-corrected chi connectivity index (χ0v) is 13.4. The Labute approximate surface area is 142 Å². The first kappa shape index (κ1) is 16.9. The van der Waals surface area contributed by atoms with E-state index in [-0.39, 0.29) is 5.69 Å². The predicted molar refractivity (Wildman–Crippen MR) is 89.5 cm³/mol. The molecule has 1 aromatic heterocycles. The van der Waals surface area contributed by atoms with E-state index in [9.17, 15) is 18.8 Å². The Morgan fingerprint density at radius 2 is 2.12 bits per heavy atom. The van der Waals surface area contributed by atoms with Crippen LogP contribution in [0.3, 0.4) is 0 Å². The van der Waals surface area contributed by atoms with Crippen LogP contribution in [0.25, 0.3) is 0 Å². The highest BCUT2D eigenvalue weighted by Gasteiger charge is 2.25. The molecular weight excluding hydrogens is 329 g/mol. The third-order valence-corrected chi connectivity index (χ3v) is 4.36. The van der Waals surface area contributed by atoms with Crippen molar-refractivity contribution in [2.45, 2.75) is 31.7 Å². The van der Waals surface area contributed by atoms with Gasteiger partial charge in [-0.25, -0.2) is 14.0 Å². The quantitative estimate of drug-likeness (QED) is 0.747. The van der Waals surface area contributed by atoms with E-state index in [4.69, 9.17) is 5.11 Å². The lowest BCUT2D eigenvalue weighted by Crippen LogP contribution is -2.37. The number of benzene rings is 1. The third-order valence-electron chi connectivity index (χ3n) is 4.36. The Morgan fingerprint density at radius 1 is 1.36 bits per heavy atom. The van der Waals surface area contributed by atoms with Crippen LogP contribution in [0, 0.1) is 11.7 Å². The summed E-state index contributed by atoms with van der Waals surface area (Å²) >= 11 is 0. The van der Waals surface area contributed by atoms with E-state index in [1.165, 1.54) is 24.4 Å². The second-order valence-electron chi connectivity index (χ2n) is 6.20. The summed E-state index contributed by atoms with van der Waals surface area (Å²) in [4.78, 5) is 37.7. The molecule has 7 nitrogen and oxygen atoms in total. The molecule has 0 radical (unpaired) electrons. The SMILES string of the molecule is O=C(O)Nc1cc(C(CCC2CC2)n2c(=O)cc[nH]c2=O)ccc1F. The van der Waals surface area contributed by atoms with Gasteiger partial charge in [-0.15, -0.1) is 0 Å². The van der Waals surface area contributed by atoms with Crippen LogP contribution in [-0.2, 0) is 0 Å². The number of carbonyl (C=O) groups is 1. The second kappa shape index (κ2) is 6.92. The van der Waals surface area contributed by atoms with Gasteiger partial charge in [-0.1, -0.05) is 18.9 Å². The molecule has 2 aromatic rings. The summed E-state index contributed by atoms with van der Waals surface area (Å²) in [6.07, 6.45) is 3.52. The highest BCUT2D eigenvalue weighted by Crippen LogP contribution is 2.37. The number of hydrogen-bond acceptors (Lipinski definition) is 3. The molecule has 1 unspecified atom stereocenters. The van der Waals surface area contributed by atoms with Gasteiger partial charge in [-0.05, 0) is 36.5 Å². The normalized spacial score (nSPS) is 14.9. The molecule has 1 heterocycles. The molecule has 1 fully saturated rings. The molecule has 1 amide bonds. The number of H-pyrrole nitrogens is 1. The molecule has 1 aromatic carbocycles. The van der Waals surface area contributed by atoms with Crippen molar-refractivity contribution in [3.63, 3.8) is 0 Å². The smallest absolute Gasteiger partial charge is 0.409 e. The minimum atomic E-state index is -1.39. The van der Waals surface area contributed by atoms with Gasteiger partial charge in [-0.3, -0.25) is 14.7 Å². The lowest BCUT2D eigenvalue weighted by atomic mass is 9.99. The van der Waals surface area contributed by atoms with Crippen molar-refractivity contribution in [1.82, 2.24) is 9.55 Å². The standard InChI is InChI=1S/C17H18FN3O4/c18-12-5-4-11(9-13(12)20-17(24)25)14(6-3-10-1-2-10)21-15(22)7-8-19-16(21)23/h4-5,7-10,14,20H,1-3,6H2,(H,19,23)(H,24,25). The van der Waals surface area contributed by atoms with E-state index in [2.05, 4.69) is 4.98 Å². The number of carboxylic acid groups (broad SMARTS) is 1. The first-order chi connectivity index (χ1) is 12.0. The van der Waals surface area contributed by atoms with E-state index in [1.807, 2.05) is 5.32 Å². The highest BCUT2D eigenvalue weighted by atomic mass is 19.1. The van der Waals surface area contributed by atoms with Crippen LogP contribution in [-0.4, -0.2) is 20.8 Å². The zero-order chi connectivity index (χ0) is 18.0. The number of nitrogens with zero attached hydrogens (tertiary/aromatic N) is 1. The molecule has 0 bridgehead atoms. The summed E-state index contributed by atoms with van der Waals surface area (Å²) < 4.78 is 14.9. The monoisotopic (exact) mass is 347 g/mol. The summed E-state index contributed by atoms with van der Waals surface area (Å²) in [5.74, 6) is -0.139. The average Bonchev–Trinajstić information content (AvgIpc) is 3.36. The van der Waals surface area contributed by atoms with E-state index >= 15 is 0 Å². The number of amides is 1. The fourth-order valence-electron chi connectivity index (χ4n) is 2.94. The number of anilines is 1. The first-order valence-electron chi connectivity index (χ1n) is 8.05. The summed E-state index contributed by atoms with van der Waals surface area (Å²) in [6.45, 7) is 0. The Kier molecular flexibility index (Phi) is 4.69. The zero-order valence-electron chi connectivity index (χ0n) is 13.4. The van der Waals surface area contributed by atoms with E-state index in [0.29, 0.717) is 17.9 Å². The van der Waals surface area contributed by atoms with Crippen molar-refractivity contribution in [3.05, 3.63) is 62.7 Å². The Hall–Kier alpha value is -2.90. The number of nitrogens with one attached hydrogen (secondary N) is 2. The van der Waals surface area contributed by atoms with Crippen molar-refractivity contribution < 1.29 is 14.3 Å². The minimum Gasteiger partial charge on any atom is -0.465 e. The van der Waals surface area contributed by atoms with Crippen LogP contribution < -0.4 is 16.6 Å². The van der Waals surface area contributed by atoms with E-state index in [0.717, 1.165) is 29.9 Å². The Bertz CT molecular complexity index is 873. The number of aromatic amines is 1. The van der Waals surface area contributed by atoms with E-state index < -0.39 is 29.2 Å². The topological polar surface area (TPSA) is 104 Å². The molecule has 1 atom stereocenters. The number of hydrogen-bond donors (Lipinski definition) is 3. The van der Waals surface area contributed by atoms with Crippen molar-refractivity contribution >= 4 is 11.8 Å². The molecule has 0 saturated heterocycles. The van der Waals surface area contributed by atoms with Gasteiger partial charge in [0.2, 0.25) is 0 Å². The molecule has 1 aliphatic carbocycles. The van der Waals surface area contributed by atoms with E-state index in [1.54, 1.807) is 0 Å². The third kappa shape index (κ3) is 3.96. The Balaban J connectivity index is 2.03. The van der Waals surface area contributed by atoms with Gasteiger partial charge in [-0.2, -0.15) is 0 Å². The highest BCUT2D eigenvalue weighted by molar-refractivity contribution is 5.83. The fourth-order valence-corrected chi connectivity index (χ4v) is 2.94.